The Morgan fingerprint density at radius 1 is 1.21 bits per heavy atom. The van der Waals surface area contributed by atoms with Crippen LogP contribution in [0.25, 0.3) is 10.4 Å². The molecule has 3 nitrogen and oxygen atoms in total. The number of carbonyl (C=O) groups is 1. The molecule has 0 radical (unpaired) electrons. The van der Waals surface area contributed by atoms with Gasteiger partial charge in [0, 0.05) is 11.4 Å². The van der Waals surface area contributed by atoms with E-state index in [9.17, 15) is 9.18 Å². The van der Waals surface area contributed by atoms with Crippen molar-refractivity contribution in [3.05, 3.63) is 47.1 Å². The molecule has 1 amide bonds. The smallest absolute Gasteiger partial charge is 0.261 e. The summed E-state index contributed by atoms with van der Waals surface area (Å²) < 4.78 is 13.0. The molecule has 0 saturated carbocycles. The second-order valence-electron chi connectivity index (χ2n) is 6.41. The zero-order valence-corrected chi connectivity index (χ0v) is 15.2. The summed E-state index contributed by atoms with van der Waals surface area (Å²) in [5, 5.41) is 6.41. The summed E-state index contributed by atoms with van der Waals surface area (Å²) in [5.74, 6) is -0.276. The van der Waals surface area contributed by atoms with Crippen molar-refractivity contribution in [1.82, 2.24) is 10.6 Å². The van der Waals surface area contributed by atoms with Gasteiger partial charge in [0.25, 0.3) is 5.91 Å². The Kier molecular flexibility index (Phi) is 6.38. The van der Waals surface area contributed by atoms with Crippen molar-refractivity contribution in [2.75, 3.05) is 19.6 Å². The standard InChI is InChI=1S/C18H21FN2OS.ClH/c1-18(8-10-20-11-9-18)12-21-17(22)16-7-6-15(23-16)13-2-4-14(19)5-3-13;/h2-7,20H,8-12H2,1H3,(H,21,22);1H. The molecule has 1 saturated heterocycles. The summed E-state index contributed by atoms with van der Waals surface area (Å²) in [4.78, 5) is 14.0. The van der Waals surface area contributed by atoms with Crippen LogP contribution in [-0.2, 0) is 0 Å². The molecule has 1 fully saturated rings. The highest BCUT2D eigenvalue weighted by molar-refractivity contribution is 7.17. The number of hydrogen-bond acceptors (Lipinski definition) is 3. The molecule has 6 heteroatoms. The van der Waals surface area contributed by atoms with E-state index in [0.717, 1.165) is 36.4 Å². The molecular weight excluding hydrogens is 347 g/mol. The van der Waals surface area contributed by atoms with Crippen molar-refractivity contribution < 1.29 is 9.18 Å². The predicted octanol–water partition coefficient (Wildman–Crippen LogP) is 4.10. The van der Waals surface area contributed by atoms with Crippen molar-refractivity contribution in [3.8, 4) is 10.4 Å². The Labute approximate surface area is 152 Å². The van der Waals surface area contributed by atoms with E-state index < -0.39 is 0 Å². The fourth-order valence-corrected chi connectivity index (χ4v) is 3.74. The van der Waals surface area contributed by atoms with E-state index >= 15 is 0 Å². The molecule has 130 valence electrons. The second kappa shape index (κ2) is 8.10. The van der Waals surface area contributed by atoms with E-state index in [1.807, 2.05) is 12.1 Å². The Morgan fingerprint density at radius 3 is 2.54 bits per heavy atom. The van der Waals surface area contributed by atoms with Crippen LogP contribution >= 0.6 is 23.7 Å². The molecule has 2 heterocycles. The number of nitrogens with one attached hydrogen (secondary N) is 2. The Balaban J connectivity index is 0.00000208. The van der Waals surface area contributed by atoms with Crippen LogP contribution in [0.5, 0.6) is 0 Å². The molecule has 0 spiro atoms. The molecule has 2 aromatic rings. The van der Waals surface area contributed by atoms with Gasteiger partial charge in [0.1, 0.15) is 5.82 Å². The Bertz CT molecular complexity index is 681. The third-order valence-corrected chi connectivity index (χ3v) is 5.58. The first-order valence-corrected chi connectivity index (χ1v) is 8.72. The lowest BCUT2D eigenvalue weighted by Gasteiger charge is -2.34. The topological polar surface area (TPSA) is 41.1 Å². The molecule has 2 N–H and O–H groups in total. The van der Waals surface area contributed by atoms with Crippen molar-refractivity contribution >= 4 is 29.7 Å². The summed E-state index contributed by atoms with van der Waals surface area (Å²) in [6.45, 7) is 4.96. The fourth-order valence-electron chi connectivity index (χ4n) is 2.82. The van der Waals surface area contributed by atoms with Crippen LogP contribution in [0.15, 0.2) is 36.4 Å². The monoisotopic (exact) mass is 368 g/mol. The van der Waals surface area contributed by atoms with Gasteiger partial charge < -0.3 is 10.6 Å². The van der Waals surface area contributed by atoms with E-state index in [2.05, 4.69) is 17.6 Å². The van der Waals surface area contributed by atoms with Crippen LogP contribution in [0.1, 0.15) is 29.4 Å². The number of hydrogen-bond donors (Lipinski definition) is 2. The number of carbonyl (C=O) groups excluding carboxylic acids is 1. The molecular formula is C18H22ClFN2OS. The quantitative estimate of drug-likeness (QED) is 0.853. The fraction of sp³-hybridized carbons (Fsp3) is 0.389. The number of amides is 1. The summed E-state index contributed by atoms with van der Waals surface area (Å²) in [5.41, 5.74) is 1.11. The van der Waals surface area contributed by atoms with E-state index in [0.29, 0.717) is 11.4 Å². The average Bonchev–Trinajstić information content (AvgIpc) is 3.04. The van der Waals surface area contributed by atoms with Crippen LogP contribution in [0.2, 0.25) is 0 Å². The molecule has 1 aliphatic rings. The van der Waals surface area contributed by atoms with Gasteiger partial charge in [0.2, 0.25) is 0 Å². The number of benzene rings is 1. The summed E-state index contributed by atoms with van der Waals surface area (Å²) >= 11 is 1.44. The third kappa shape index (κ3) is 4.56. The Morgan fingerprint density at radius 2 is 1.88 bits per heavy atom. The van der Waals surface area contributed by atoms with Gasteiger partial charge in [0.15, 0.2) is 0 Å². The highest BCUT2D eigenvalue weighted by atomic mass is 35.5. The van der Waals surface area contributed by atoms with Crippen LogP contribution < -0.4 is 10.6 Å². The van der Waals surface area contributed by atoms with Crippen LogP contribution in [0.3, 0.4) is 0 Å². The number of piperidine rings is 1. The van der Waals surface area contributed by atoms with Gasteiger partial charge in [0.05, 0.1) is 4.88 Å². The SMILES string of the molecule is CC1(CNC(=O)c2ccc(-c3ccc(F)cc3)s2)CCNCC1.Cl. The summed E-state index contributed by atoms with van der Waals surface area (Å²) in [6.07, 6.45) is 2.16. The molecule has 0 unspecified atom stereocenters. The summed E-state index contributed by atoms with van der Waals surface area (Å²) in [6, 6.07) is 10.1. The zero-order chi connectivity index (χ0) is 16.3. The van der Waals surface area contributed by atoms with Crippen LogP contribution in [0.4, 0.5) is 4.39 Å². The van der Waals surface area contributed by atoms with Crippen LogP contribution in [-0.4, -0.2) is 25.5 Å². The van der Waals surface area contributed by atoms with Gasteiger partial charge in [-0.3, -0.25) is 4.79 Å². The van der Waals surface area contributed by atoms with Gasteiger partial charge in [-0.2, -0.15) is 0 Å². The predicted molar refractivity (Wildman–Crippen MR) is 99.5 cm³/mol. The molecule has 1 aromatic carbocycles. The second-order valence-corrected chi connectivity index (χ2v) is 7.50. The highest BCUT2D eigenvalue weighted by Gasteiger charge is 2.27. The molecule has 24 heavy (non-hydrogen) atoms. The largest absolute Gasteiger partial charge is 0.351 e. The minimum Gasteiger partial charge on any atom is -0.351 e. The molecule has 0 aliphatic carbocycles. The average molecular weight is 369 g/mol. The van der Waals surface area contributed by atoms with E-state index in [-0.39, 0.29) is 29.5 Å². The van der Waals surface area contributed by atoms with E-state index in [1.165, 1.54) is 23.5 Å². The molecule has 0 atom stereocenters. The molecule has 1 aromatic heterocycles. The molecule has 1 aliphatic heterocycles. The molecule has 0 bridgehead atoms. The lowest BCUT2D eigenvalue weighted by Crippen LogP contribution is -2.42. The van der Waals surface area contributed by atoms with Crippen molar-refractivity contribution in [2.24, 2.45) is 5.41 Å². The van der Waals surface area contributed by atoms with Gasteiger partial charge >= 0.3 is 0 Å². The van der Waals surface area contributed by atoms with Gasteiger partial charge in [-0.25, -0.2) is 4.39 Å². The first-order chi connectivity index (χ1) is 11.1. The van der Waals surface area contributed by atoms with Crippen molar-refractivity contribution in [2.45, 2.75) is 19.8 Å². The number of thiophene rings is 1. The minimum absolute atomic E-state index is 0. The zero-order valence-electron chi connectivity index (χ0n) is 13.6. The van der Waals surface area contributed by atoms with E-state index in [4.69, 9.17) is 0 Å². The highest BCUT2D eigenvalue weighted by Crippen LogP contribution is 2.29. The summed E-state index contributed by atoms with van der Waals surface area (Å²) in [7, 11) is 0. The first-order valence-electron chi connectivity index (χ1n) is 7.90. The van der Waals surface area contributed by atoms with Crippen LogP contribution in [0, 0.1) is 11.2 Å². The first kappa shape index (κ1) is 18.9. The van der Waals surface area contributed by atoms with E-state index in [1.54, 1.807) is 12.1 Å². The maximum atomic E-state index is 13.0. The van der Waals surface area contributed by atoms with Crippen molar-refractivity contribution in [3.63, 3.8) is 0 Å². The maximum absolute atomic E-state index is 13.0. The number of halogens is 2. The van der Waals surface area contributed by atoms with Gasteiger partial charge in [-0.15, -0.1) is 23.7 Å². The minimum atomic E-state index is -0.251. The van der Waals surface area contributed by atoms with Gasteiger partial charge in [-0.1, -0.05) is 19.1 Å². The van der Waals surface area contributed by atoms with Gasteiger partial charge in [-0.05, 0) is 61.2 Å². The normalized spacial score (nSPS) is 16.2. The molecule has 3 rings (SSSR count). The third-order valence-electron chi connectivity index (χ3n) is 4.44. The Hall–Kier alpha value is -1.43. The van der Waals surface area contributed by atoms with Crippen molar-refractivity contribution in [1.29, 1.82) is 0 Å². The lowest BCUT2D eigenvalue weighted by molar-refractivity contribution is 0.0926. The number of rotatable bonds is 4. The lowest BCUT2D eigenvalue weighted by atomic mass is 9.81. The maximum Gasteiger partial charge on any atom is 0.261 e.